The Hall–Kier alpha value is -2.24. The molecule has 1 fully saturated rings. The summed E-state index contributed by atoms with van der Waals surface area (Å²) >= 11 is 0. The molecule has 40 heavy (non-hydrogen) atoms. The molecule has 2 heterocycles. The lowest BCUT2D eigenvalue weighted by Gasteiger charge is -2.47. The van der Waals surface area contributed by atoms with Crippen molar-refractivity contribution in [3.05, 3.63) is 47.9 Å². The Morgan fingerprint density at radius 1 is 1.20 bits per heavy atom. The minimum Gasteiger partial charge on any atom is -0.469 e. The van der Waals surface area contributed by atoms with Crippen molar-refractivity contribution in [3.8, 4) is 0 Å². The molecule has 0 radical (unpaired) electrons. The normalized spacial score (nSPS) is 17.9. The highest BCUT2D eigenvalue weighted by molar-refractivity contribution is 8.25. The standard InChI is InChI=1S/C30H50N4O5S/c1-6-31-24-17-23(18-25(19-24)34-14-7-8-16-40(34,37)38)29(36)33-27(20-26-12-10-15-39-26)28(35)21-32-30(4,5)13-9-11-22(2)3/h10,12,15,17-19,22,27-28,31-32,35,37-38H,6-9,11,13-14,16,20-21H2,1-5H3,(H,33,36)/t27-,28+/m0/s1. The second-order valence-corrected chi connectivity index (χ2v) is 14.0. The van der Waals surface area contributed by atoms with Gasteiger partial charge < -0.3 is 25.5 Å². The lowest BCUT2D eigenvalue weighted by molar-refractivity contribution is 0.0804. The third kappa shape index (κ3) is 9.69. The Bertz CT molecular complexity index is 1060. The number of nitrogens with one attached hydrogen (secondary N) is 3. The number of benzene rings is 1. The van der Waals surface area contributed by atoms with E-state index in [0.717, 1.165) is 37.8 Å². The van der Waals surface area contributed by atoms with Crippen molar-refractivity contribution in [2.24, 2.45) is 5.92 Å². The Labute approximate surface area is 241 Å². The molecule has 0 unspecified atom stereocenters. The summed E-state index contributed by atoms with van der Waals surface area (Å²) in [5.41, 5.74) is 1.55. The molecule has 226 valence electrons. The number of aliphatic hydroxyl groups excluding tert-OH is 1. The number of hydrogen-bond donors (Lipinski definition) is 6. The summed E-state index contributed by atoms with van der Waals surface area (Å²) in [6.07, 6.45) is 5.92. The molecule has 1 amide bonds. The summed E-state index contributed by atoms with van der Waals surface area (Å²) < 4.78 is 28.6. The predicted molar refractivity (Wildman–Crippen MR) is 165 cm³/mol. The van der Waals surface area contributed by atoms with E-state index >= 15 is 0 Å². The lowest BCUT2D eigenvalue weighted by atomic mass is 9.94. The maximum Gasteiger partial charge on any atom is 0.251 e. The van der Waals surface area contributed by atoms with E-state index in [2.05, 4.69) is 43.6 Å². The number of furan rings is 1. The van der Waals surface area contributed by atoms with E-state index in [1.54, 1.807) is 28.8 Å². The van der Waals surface area contributed by atoms with Gasteiger partial charge in [0.15, 0.2) is 0 Å². The Morgan fingerprint density at radius 2 is 1.98 bits per heavy atom. The van der Waals surface area contributed by atoms with E-state index in [1.807, 2.05) is 19.1 Å². The SMILES string of the molecule is CCNc1cc(C(=O)N[C@@H](Cc2ccco2)[C@H](O)CNC(C)(C)CCCC(C)C)cc(N2CCCCS2(O)O)c1. The Kier molecular flexibility index (Phi) is 11.8. The van der Waals surface area contributed by atoms with Gasteiger partial charge in [-0.15, -0.1) is 10.8 Å². The first-order valence-electron chi connectivity index (χ1n) is 14.6. The molecule has 6 N–H and O–H groups in total. The monoisotopic (exact) mass is 578 g/mol. The molecule has 3 rings (SSSR count). The van der Waals surface area contributed by atoms with Crippen LogP contribution in [0.3, 0.4) is 0 Å². The molecule has 0 bridgehead atoms. The van der Waals surface area contributed by atoms with E-state index in [4.69, 9.17) is 4.42 Å². The minimum absolute atomic E-state index is 0.151. The number of amides is 1. The maximum atomic E-state index is 13.6. The second kappa shape index (κ2) is 14.6. The van der Waals surface area contributed by atoms with Crippen molar-refractivity contribution in [2.75, 3.05) is 35.0 Å². The van der Waals surface area contributed by atoms with Crippen molar-refractivity contribution in [2.45, 2.75) is 90.8 Å². The number of carbonyl (C=O) groups excluding carboxylic acids is 1. The number of anilines is 2. The number of β-amino-alcohol motifs (C(OH)–C–C–N with tert-alkyl or cyclic N) is 1. The van der Waals surface area contributed by atoms with Gasteiger partial charge in [-0.2, -0.15) is 0 Å². The Morgan fingerprint density at radius 3 is 2.62 bits per heavy atom. The van der Waals surface area contributed by atoms with Crippen molar-refractivity contribution in [1.82, 2.24) is 10.6 Å². The van der Waals surface area contributed by atoms with Crippen LogP contribution in [-0.4, -0.2) is 63.2 Å². The number of nitrogens with zero attached hydrogens (tertiary/aromatic N) is 1. The molecule has 1 aliphatic rings. The molecule has 0 spiro atoms. The third-order valence-electron chi connectivity index (χ3n) is 7.39. The fourth-order valence-electron chi connectivity index (χ4n) is 5.04. The van der Waals surface area contributed by atoms with Crippen LogP contribution in [0.25, 0.3) is 0 Å². The van der Waals surface area contributed by atoms with Crippen molar-refractivity contribution >= 4 is 28.1 Å². The van der Waals surface area contributed by atoms with Gasteiger partial charge in [0.1, 0.15) is 5.76 Å². The van der Waals surface area contributed by atoms with Gasteiger partial charge in [-0.05, 0) is 76.3 Å². The van der Waals surface area contributed by atoms with E-state index in [9.17, 15) is 19.0 Å². The van der Waals surface area contributed by atoms with Crippen LogP contribution in [0.2, 0.25) is 0 Å². The number of hydrogen-bond acceptors (Lipinski definition) is 8. The predicted octanol–water partition coefficient (Wildman–Crippen LogP) is 5.87. The van der Waals surface area contributed by atoms with E-state index in [-0.39, 0.29) is 11.4 Å². The van der Waals surface area contributed by atoms with Gasteiger partial charge in [-0.1, -0.05) is 26.7 Å². The highest BCUT2D eigenvalue weighted by atomic mass is 32.3. The van der Waals surface area contributed by atoms with Gasteiger partial charge in [0.25, 0.3) is 5.91 Å². The van der Waals surface area contributed by atoms with Crippen molar-refractivity contribution < 1.29 is 23.4 Å². The quantitative estimate of drug-likeness (QED) is 0.155. The van der Waals surface area contributed by atoms with Crippen LogP contribution >= 0.6 is 10.8 Å². The van der Waals surface area contributed by atoms with E-state index < -0.39 is 22.9 Å². The summed E-state index contributed by atoms with van der Waals surface area (Å²) in [6.45, 7) is 12.2. The third-order valence-corrected chi connectivity index (χ3v) is 9.32. The minimum atomic E-state index is -2.94. The largest absolute Gasteiger partial charge is 0.469 e. The summed E-state index contributed by atoms with van der Waals surface area (Å²) in [5.74, 6) is 1.30. The summed E-state index contributed by atoms with van der Waals surface area (Å²) in [5, 5.41) is 21.0. The highest BCUT2D eigenvalue weighted by Gasteiger charge is 2.29. The highest BCUT2D eigenvalue weighted by Crippen LogP contribution is 2.50. The molecule has 1 saturated heterocycles. The zero-order valence-electron chi connectivity index (χ0n) is 24.8. The number of rotatable bonds is 15. The number of aliphatic hydroxyl groups is 1. The summed E-state index contributed by atoms with van der Waals surface area (Å²) in [6, 6.07) is 8.33. The van der Waals surface area contributed by atoms with Gasteiger partial charge in [-0.25, -0.2) is 0 Å². The van der Waals surface area contributed by atoms with Crippen LogP contribution in [-0.2, 0) is 6.42 Å². The average Bonchev–Trinajstić information content (AvgIpc) is 3.39. The van der Waals surface area contributed by atoms with Crippen LogP contribution < -0.4 is 20.3 Å². The lowest BCUT2D eigenvalue weighted by Crippen LogP contribution is -2.52. The summed E-state index contributed by atoms with van der Waals surface area (Å²) in [7, 11) is -2.94. The van der Waals surface area contributed by atoms with Crippen LogP contribution in [0.4, 0.5) is 11.4 Å². The first-order valence-corrected chi connectivity index (χ1v) is 16.3. The van der Waals surface area contributed by atoms with Gasteiger partial charge >= 0.3 is 0 Å². The smallest absolute Gasteiger partial charge is 0.251 e. The molecular formula is C30H50N4O5S. The van der Waals surface area contributed by atoms with E-state index in [0.29, 0.717) is 54.7 Å². The molecule has 2 atom stereocenters. The van der Waals surface area contributed by atoms with Crippen LogP contribution in [0.1, 0.15) is 82.8 Å². The van der Waals surface area contributed by atoms with Gasteiger partial charge in [0.05, 0.1) is 29.8 Å². The zero-order valence-corrected chi connectivity index (χ0v) is 25.6. The van der Waals surface area contributed by atoms with E-state index in [1.165, 1.54) is 0 Å². The Balaban J connectivity index is 1.78. The molecule has 0 saturated carbocycles. The maximum absolute atomic E-state index is 13.6. The zero-order chi connectivity index (χ0) is 29.3. The van der Waals surface area contributed by atoms with Crippen molar-refractivity contribution in [1.29, 1.82) is 0 Å². The molecule has 0 aliphatic carbocycles. The molecule has 1 aromatic heterocycles. The fourth-order valence-corrected chi connectivity index (χ4v) is 6.72. The van der Waals surface area contributed by atoms with Crippen LogP contribution in [0.15, 0.2) is 41.0 Å². The molecule has 2 aromatic rings. The first-order chi connectivity index (χ1) is 18.9. The van der Waals surface area contributed by atoms with Crippen LogP contribution in [0, 0.1) is 5.92 Å². The fraction of sp³-hybridized carbons (Fsp3) is 0.633. The molecule has 1 aromatic carbocycles. The first kappa shape index (κ1) is 32.3. The van der Waals surface area contributed by atoms with Gasteiger partial charge in [-0.3, -0.25) is 18.2 Å². The second-order valence-electron chi connectivity index (χ2n) is 11.9. The molecule has 9 nitrogen and oxygen atoms in total. The topological polar surface area (TPSA) is 130 Å². The molecule has 1 aliphatic heterocycles. The summed E-state index contributed by atoms with van der Waals surface area (Å²) in [4.78, 5) is 13.6. The average molecular weight is 579 g/mol. The number of carbonyl (C=O) groups is 1. The van der Waals surface area contributed by atoms with Crippen LogP contribution in [0.5, 0.6) is 0 Å². The van der Waals surface area contributed by atoms with Gasteiger partial charge in [0, 0.05) is 42.8 Å². The van der Waals surface area contributed by atoms with Gasteiger partial charge in [0.2, 0.25) is 0 Å². The molecular weight excluding hydrogens is 528 g/mol. The van der Waals surface area contributed by atoms with Crippen molar-refractivity contribution in [3.63, 3.8) is 0 Å². The molecule has 10 heteroatoms.